The number of halogens is 1. The van der Waals surface area contributed by atoms with E-state index in [2.05, 4.69) is 26.2 Å². The lowest BCUT2D eigenvalue weighted by Crippen LogP contribution is -2.26. The lowest BCUT2D eigenvalue weighted by molar-refractivity contribution is 0.0951. The molecule has 0 atom stereocenters. The molecule has 0 unspecified atom stereocenters. The standard InChI is InChI=1S/C18H15BrN2O3/c19-13-5-7-15(8-6-13)24-18-16(4-1-10-21-18)17(22)20-11-9-14-3-2-12-23-14/h1-8,10,12H,9,11H2,(H,20,22). The Bertz CT molecular complexity index is 801. The largest absolute Gasteiger partial charge is 0.469 e. The molecule has 0 aliphatic heterocycles. The van der Waals surface area contributed by atoms with Gasteiger partial charge in [0.05, 0.1) is 6.26 Å². The maximum atomic E-state index is 12.4. The van der Waals surface area contributed by atoms with Gasteiger partial charge >= 0.3 is 0 Å². The number of benzene rings is 1. The van der Waals surface area contributed by atoms with Crippen molar-refractivity contribution in [2.24, 2.45) is 0 Å². The number of amides is 1. The van der Waals surface area contributed by atoms with Crippen LogP contribution in [-0.2, 0) is 6.42 Å². The quantitative estimate of drug-likeness (QED) is 0.689. The second kappa shape index (κ2) is 7.79. The molecule has 0 fully saturated rings. The number of ether oxygens (including phenoxy) is 1. The highest BCUT2D eigenvalue weighted by molar-refractivity contribution is 9.10. The molecule has 0 saturated heterocycles. The SMILES string of the molecule is O=C(NCCc1ccco1)c1cccnc1Oc1ccc(Br)cc1. The topological polar surface area (TPSA) is 64.4 Å². The van der Waals surface area contributed by atoms with Crippen LogP contribution in [-0.4, -0.2) is 17.4 Å². The van der Waals surface area contributed by atoms with Gasteiger partial charge in [-0.2, -0.15) is 0 Å². The Hall–Kier alpha value is -2.60. The van der Waals surface area contributed by atoms with Crippen molar-refractivity contribution in [3.63, 3.8) is 0 Å². The number of carbonyl (C=O) groups is 1. The molecular formula is C18H15BrN2O3. The van der Waals surface area contributed by atoms with E-state index in [4.69, 9.17) is 9.15 Å². The van der Waals surface area contributed by atoms with Crippen LogP contribution in [0.3, 0.4) is 0 Å². The molecule has 0 radical (unpaired) electrons. The first kappa shape index (κ1) is 16.3. The van der Waals surface area contributed by atoms with Gasteiger partial charge < -0.3 is 14.5 Å². The molecule has 3 aromatic rings. The maximum Gasteiger partial charge on any atom is 0.256 e. The van der Waals surface area contributed by atoms with Crippen LogP contribution >= 0.6 is 15.9 Å². The Kier molecular flexibility index (Phi) is 5.28. The smallest absolute Gasteiger partial charge is 0.256 e. The van der Waals surface area contributed by atoms with Crippen LogP contribution in [0.1, 0.15) is 16.1 Å². The van der Waals surface area contributed by atoms with E-state index in [1.807, 2.05) is 24.3 Å². The number of hydrogen-bond acceptors (Lipinski definition) is 4. The molecule has 0 bridgehead atoms. The van der Waals surface area contributed by atoms with E-state index < -0.39 is 0 Å². The van der Waals surface area contributed by atoms with Gasteiger partial charge in [0, 0.05) is 23.6 Å². The van der Waals surface area contributed by atoms with Gasteiger partial charge in [0.25, 0.3) is 5.91 Å². The van der Waals surface area contributed by atoms with E-state index in [9.17, 15) is 4.79 Å². The second-order valence-electron chi connectivity index (χ2n) is 5.00. The summed E-state index contributed by atoms with van der Waals surface area (Å²) in [6.45, 7) is 0.471. The molecule has 122 valence electrons. The highest BCUT2D eigenvalue weighted by Crippen LogP contribution is 2.24. The number of hydrogen-bond donors (Lipinski definition) is 1. The van der Waals surface area contributed by atoms with E-state index >= 15 is 0 Å². The highest BCUT2D eigenvalue weighted by Gasteiger charge is 2.14. The van der Waals surface area contributed by atoms with Crippen LogP contribution < -0.4 is 10.1 Å². The van der Waals surface area contributed by atoms with E-state index in [0.717, 1.165) is 10.2 Å². The lowest BCUT2D eigenvalue weighted by atomic mass is 10.2. The Morgan fingerprint density at radius 1 is 1.17 bits per heavy atom. The summed E-state index contributed by atoms with van der Waals surface area (Å²) in [5, 5.41) is 2.85. The molecule has 0 aliphatic rings. The average Bonchev–Trinajstić information content (AvgIpc) is 3.11. The molecule has 1 aromatic carbocycles. The predicted molar refractivity (Wildman–Crippen MR) is 93.2 cm³/mol. The van der Waals surface area contributed by atoms with Gasteiger partial charge in [-0.15, -0.1) is 0 Å². The summed E-state index contributed by atoms with van der Waals surface area (Å²) in [6.07, 6.45) is 3.83. The number of rotatable bonds is 6. The molecule has 24 heavy (non-hydrogen) atoms. The van der Waals surface area contributed by atoms with Crippen molar-refractivity contribution in [3.05, 3.63) is 76.8 Å². The zero-order chi connectivity index (χ0) is 16.8. The number of furan rings is 1. The maximum absolute atomic E-state index is 12.4. The molecule has 2 heterocycles. The molecular weight excluding hydrogens is 372 g/mol. The van der Waals surface area contributed by atoms with Crippen molar-refractivity contribution < 1.29 is 13.9 Å². The molecule has 1 N–H and O–H groups in total. The minimum Gasteiger partial charge on any atom is -0.469 e. The fourth-order valence-electron chi connectivity index (χ4n) is 2.11. The van der Waals surface area contributed by atoms with Crippen LogP contribution in [0.15, 0.2) is 69.9 Å². The Balaban J connectivity index is 1.66. The zero-order valence-corrected chi connectivity index (χ0v) is 14.3. The van der Waals surface area contributed by atoms with Crippen molar-refractivity contribution in [1.82, 2.24) is 10.3 Å². The molecule has 5 nitrogen and oxygen atoms in total. The zero-order valence-electron chi connectivity index (χ0n) is 12.7. The van der Waals surface area contributed by atoms with Crippen molar-refractivity contribution in [1.29, 1.82) is 0 Å². The summed E-state index contributed by atoms with van der Waals surface area (Å²) >= 11 is 3.37. The minimum atomic E-state index is -0.234. The fourth-order valence-corrected chi connectivity index (χ4v) is 2.37. The Labute approximate surface area is 147 Å². The van der Waals surface area contributed by atoms with Gasteiger partial charge in [-0.25, -0.2) is 4.98 Å². The number of nitrogens with one attached hydrogen (secondary N) is 1. The molecule has 0 saturated carbocycles. The molecule has 0 aliphatic carbocycles. The second-order valence-corrected chi connectivity index (χ2v) is 5.91. The summed E-state index contributed by atoms with van der Waals surface area (Å²) in [5.41, 5.74) is 0.389. The summed E-state index contributed by atoms with van der Waals surface area (Å²) in [4.78, 5) is 16.5. The summed E-state index contributed by atoms with van der Waals surface area (Å²) in [6, 6.07) is 14.4. The van der Waals surface area contributed by atoms with Crippen molar-refractivity contribution in [3.8, 4) is 11.6 Å². The normalized spacial score (nSPS) is 10.4. The molecule has 2 aromatic heterocycles. The van der Waals surface area contributed by atoms with Crippen molar-refractivity contribution >= 4 is 21.8 Å². The van der Waals surface area contributed by atoms with E-state index in [1.165, 1.54) is 0 Å². The molecule has 0 spiro atoms. The third-order valence-corrected chi connectivity index (χ3v) is 3.81. The van der Waals surface area contributed by atoms with Crippen LogP contribution in [0.2, 0.25) is 0 Å². The third-order valence-electron chi connectivity index (χ3n) is 3.28. The summed E-state index contributed by atoms with van der Waals surface area (Å²) in [5.74, 6) is 1.48. The van der Waals surface area contributed by atoms with Crippen molar-refractivity contribution in [2.75, 3.05) is 6.54 Å². The van der Waals surface area contributed by atoms with E-state index in [-0.39, 0.29) is 11.8 Å². The molecule has 6 heteroatoms. The van der Waals surface area contributed by atoms with Gasteiger partial charge in [-0.05, 0) is 48.5 Å². The number of nitrogens with zero attached hydrogens (tertiary/aromatic N) is 1. The van der Waals surface area contributed by atoms with Gasteiger partial charge in [-0.3, -0.25) is 4.79 Å². The summed E-state index contributed by atoms with van der Waals surface area (Å²) < 4.78 is 11.9. The van der Waals surface area contributed by atoms with Crippen molar-refractivity contribution in [2.45, 2.75) is 6.42 Å². The average molecular weight is 387 g/mol. The van der Waals surface area contributed by atoms with Gasteiger partial charge in [0.15, 0.2) is 0 Å². The van der Waals surface area contributed by atoms with E-state index in [1.54, 1.807) is 36.7 Å². The van der Waals surface area contributed by atoms with Gasteiger partial charge in [-0.1, -0.05) is 15.9 Å². The van der Waals surface area contributed by atoms with Crippen LogP contribution in [0.25, 0.3) is 0 Å². The number of aromatic nitrogens is 1. The molecule has 3 rings (SSSR count). The fraction of sp³-hybridized carbons (Fsp3) is 0.111. The van der Waals surface area contributed by atoms with Gasteiger partial charge in [0.1, 0.15) is 17.1 Å². The van der Waals surface area contributed by atoms with Gasteiger partial charge in [0.2, 0.25) is 5.88 Å². The first-order valence-electron chi connectivity index (χ1n) is 7.41. The van der Waals surface area contributed by atoms with Crippen LogP contribution in [0, 0.1) is 0 Å². The van der Waals surface area contributed by atoms with E-state index in [0.29, 0.717) is 24.3 Å². The molecule has 1 amide bonds. The first-order valence-corrected chi connectivity index (χ1v) is 8.21. The Morgan fingerprint density at radius 2 is 2.00 bits per heavy atom. The third kappa shape index (κ3) is 4.23. The van der Waals surface area contributed by atoms with Crippen LogP contribution in [0.5, 0.6) is 11.6 Å². The van der Waals surface area contributed by atoms with Crippen LogP contribution in [0.4, 0.5) is 0 Å². The predicted octanol–water partition coefficient (Wildman–Crippen LogP) is 4.20. The number of carbonyl (C=O) groups excluding carboxylic acids is 1. The lowest BCUT2D eigenvalue weighted by Gasteiger charge is -2.10. The Morgan fingerprint density at radius 3 is 2.75 bits per heavy atom. The number of pyridine rings is 1. The highest BCUT2D eigenvalue weighted by atomic mass is 79.9. The monoisotopic (exact) mass is 386 g/mol. The summed E-state index contributed by atoms with van der Waals surface area (Å²) in [7, 11) is 0. The first-order chi connectivity index (χ1) is 11.7. The minimum absolute atomic E-state index is 0.234.